The lowest BCUT2D eigenvalue weighted by molar-refractivity contribution is -0.123. The fourth-order valence-corrected chi connectivity index (χ4v) is 3.98. The Morgan fingerprint density at radius 2 is 1.72 bits per heavy atom. The number of carbonyl (C=O) groups is 4. The lowest BCUT2D eigenvalue weighted by atomic mass is 10.1. The number of hydrogen-bond acceptors (Lipinski definition) is 7. The van der Waals surface area contributed by atoms with Crippen LogP contribution < -0.4 is 30.2 Å². The first kappa shape index (κ1) is 27.2. The van der Waals surface area contributed by atoms with Gasteiger partial charge in [-0.25, -0.2) is 9.69 Å². The van der Waals surface area contributed by atoms with Gasteiger partial charge in [-0.3, -0.25) is 19.7 Å². The molecule has 1 heterocycles. The molecular weight excluding hydrogens is 526 g/mol. The van der Waals surface area contributed by atoms with Crippen LogP contribution in [0.2, 0.25) is 5.02 Å². The average molecular weight is 550 g/mol. The minimum absolute atomic E-state index is 0.0664. The van der Waals surface area contributed by atoms with Crippen molar-refractivity contribution in [2.75, 3.05) is 18.1 Å². The fraction of sp³-hybridized carbons (Fsp3) is 0.143. The molecule has 1 aliphatic rings. The smallest absolute Gasteiger partial charge is 0.335 e. The van der Waals surface area contributed by atoms with Crippen LogP contribution >= 0.6 is 11.6 Å². The molecule has 1 saturated heterocycles. The Labute approximate surface area is 228 Å². The predicted octanol–water partition coefficient (Wildman–Crippen LogP) is 3.85. The summed E-state index contributed by atoms with van der Waals surface area (Å²) in [5.41, 5.74) is 6.39. The summed E-state index contributed by atoms with van der Waals surface area (Å²) in [6.07, 6.45) is 1.28. The maximum absolute atomic E-state index is 13.3. The van der Waals surface area contributed by atoms with E-state index in [1.807, 2.05) is 30.3 Å². The molecule has 3 aromatic rings. The maximum atomic E-state index is 13.3. The second-order valence-corrected chi connectivity index (χ2v) is 8.65. The Bertz CT molecular complexity index is 1440. The number of carbonyl (C=O) groups excluding carboxylic acids is 4. The molecule has 4 rings (SSSR count). The molecule has 1 aliphatic heterocycles. The largest absolute Gasteiger partial charge is 0.490 e. The molecule has 39 heavy (non-hydrogen) atoms. The number of hydrogen-bond donors (Lipinski definition) is 2. The molecule has 0 bridgehead atoms. The van der Waals surface area contributed by atoms with Crippen molar-refractivity contribution in [3.63, 3.8) is 0 Å². The Morgan fingerprint density at radius 3 is 2.38 bits per heavy atom. The standard InChI is InChI=1S/C28H24ClN3O7/c1-2-37-23-14-18(13-22(29)25(23)39-16-24(30)33)12-21-26(34)31-28(36)32(27(21)35)19-8-10-20(11-9-19)38-15-17-6-4-3-5-7-17/h3-14H,2,15-16H2,1H3,(H2,30,33)(H,31,34,36)/b21-12+. The van der Waals surface area contributed by atoms with E-state index in [1.54, 1.807) is 31.2 Å². The van der Waals surface area contributed by atoms with Crippen LogP contribution in [0.1, 0.15) is 18.1 Å². The number of anilines is 1. The number of benzene rings is 3. The molecule has 1 fully saturated rings. The van der Waals surface area contributed by atoms with Crippen LogP contribution in [0.3, 0.4) is 0 Å². The van der Waals surface area contributed by atoms with Crippen LogP contribution in [0, 0.1) is 0 Å². The number of nitrogens with one attached hydrogen (secondary N) is 1. The van der Waals surface area contributed by atoms with Gasteiger partial charge in [0.05, 0.1) is 17.3 Å². The van der Waals surface area contributed by atoms with Crippen molar-refractivity contribution in [3.8, 4) is 17.2 Å². The molecule has 10 nitrogen and oxygen atoms in total. The lowest BCUT2D eigenvalue weighted by Crippen LogP contribution is -2.54. The summed E-state index contributed by atoms with van der Waals surface area (Å²) in [7, 11) is 0. The maximum Gasteiger partial charge on any atom is 0.335 e. The second kappa shape index (κ2) is 12.1. The fourth-order valence-electron chi connectivity index (χ4n) is 3.71. The van der Waals surface area contributed by atoms with E-state index in [9.17, 15) is 19.2 Å². The minimum Gasteiger partial charge on any atom is -0.490 e. The van der Waals surface area contributed by atoms with Crippen molar-refractivity contribution in [3.05, 3.63) is 88.5 Å². The van der Waals surface area contributed by atoms with Gasteiger partial charge < -0.3 is 19.9 Å². The summed E-state index contributed by atoms with van der Waals surface area (Å²) < 4.78 is 16.7. The number of primary amides is 1. The summed E-state index contributed by atoms with van der Waals surface area (Å²) in [6.45, 7) is 1.91. The molecule has 3 aromatic carbocycles. The number of nitrogens with two attached hydrogens (primary N) is 1. The third-order valence-electron chi connectivity index (χ3n) is 5.45. The SMILES string of the molecule is CCOc1cc(/C=C2\C(=O)NC(=O)N(c3ccc(OCc4ccccc4)cc3)C2=O)cc(Cl)c1OCC(N)=O. The van der Waals surface area contributed by atoms with Crippen molar-refractivity contribution in [1.29, 1.82) is 0 Å². The Kier molecular flexibility index (Phi) is 8.47. The molecule has 0 atom stereocenters. The van der Waals surface area contributed by atoms with Gasteiger partial charge in [0.1, 0.15) is 17.9 Å². The lowest BCUT2D eigenvalue weighted by Gasteiger charge is -2.26. The van der Waals surface area contributed by atoms with E-state index in [1.165, 1.54) is 18.2 Å². The monoisotopic (exact) mass is 549 g/mol. The summed E-state index contributed by atoms with van der Waals surface area (Å²) in [6, 6.07) is 17.9. The van der Waals surface area contributed by atoms with E-state index in [0.717, 1.165) is 10.5 Å². The first-order valence-electron chi connectivity index (χ1n) is 11.8. The Balaban J connectivity index is 1.57. The third kappa shape index (κ3) is 6.55. The highest BCUT2D eigenvalue weighted by Gasteiger charge is 2.37. The summed E-state index contributed by atoms with van der Waals surface area (Å²) in [5, 5.41) is 2.24. The third-order valence-corrected chi connectivity index (χ3v) is 5.73. The molecule has 3 N–H and O–H groups in total. The zero-order valence-corrected chi connectivity index (χ0v) is 21.6. The Hall–Kier alpha value is -4.83. The van der Waals surface area contributed by atoms with Crippen LogP contribution in [0.25, 0.3) is 6.08 Å². The average Bonchev–Trinajstić information content (AvgIpc) is 2.90. The molecule has 0 aromatic heterocycles. The predicted molar refractivity (Wildman–Crippen MR) is 144 cm³/mol. The second-order valence-electron chi connectivity index (χ2n) is 8.24. The molecule has 5 amide bonds. The number of imide groups is 2. The first-order chi connectivity index (χ1) is 18.8. The van der Waals surface area contributed by atoms with Gasteiger partial charge in [-0.2, -0.15) is 0 Å². The quantitative estimate of drug-likeness (QED) is 0.289. The number of nitrogens with zero attached hydrogens (tertiary/aromatic N) is 1. The van der Waals surface area contributed by atoms with E-state index in [4.69, 9.17) is 31.5 Å². The number of amides is 5. The van der Waals surface area contributed by atoms with E-state index in [2.05, 4.69) is 5.32 Å². The highest BCUT2D eigenvalue weighted by Crippen LogP contribution is 2.37. The van der Waals surface area contributed by atoms with Gasteiger partial charge in [0.2, 0.25) is 0 Å². The van der Waals surface area contributed by atoms with E-state index < -0.39 is 30.4 Å². The number of barbiturate groups is 1. The summed E-state index contributed by atoms with van der Waals surface area (Å²) in [5.74, 6) is -1.59. The van der Waals surface area contributed by atoms with Gasteiger partial charge in [0.25, 0.3) is 17.7 Å². The van der Waals surface area contributed by atoms with E-state index in [0.29, 0.717) is 17.9 Å². The number of ether oxygens (including phenoxy) is 3. The van der Waals surface area contributed by atoms with Crippen molar-refractivity contribution in [2.24, 2.45) is 5.73 Å². The van der Waals surface area contributed by atoms with Crippen molar-refractivity contribution >= 4 is 47.1 Å². The molecule has 0 saturated carbocycles. The van der Waals surface area contributed by atoms with Gasteiger partial charge >= 0.3 is 6.03 Å². The topological polar surface area (TPSA) is 137 Å². The zero-order valence-electron chi connectivity index (χ0n) is 20.8. The minimum atomic E-state index is -0.886. The van der Waals surface area contributed by atoms with E-state index >= 15 is 0 Å². The van der Waals surface area contributed by atoms with Gasteiger partial charge in [0, 0.05) is 0 Å². The molecular formula is C28H24ClN3O7. The van der Waals surface area contributed by atoms with Crippen LogP contribution in [-0.2, 0) is 21.0 Å². The van der Waals surface area contributed by atoms with Crippen molar-refractivity contribution in [2.45, 2.75) is 13.5 Å². The van der Waals surface area contributed by atoms with Gasteiger partial charge in [-0.1, -0.05) is 41.9 Å². The first-order valence-corrected chi connectivity index (χ1v) is 12.2. The highest BCUT2D eigenvalue weighted by atomic mass is 35.5. The molecule has 0 spiro atoms. The van der Waals surface area contributed by atoms with Gasteiger partial charge in [-0.05, 0) is 60.5 Å². The van der Waals surface area contributed by atoms with Gasteiger partial charge in [0.15, 0.2) is 18.1 Å². The van der Waals surface area contributed by atoms with Crippen LogP contribution in [0.5, 0.6) is 17.2 Å². The summed E-state index contributed by atoms with van der Waals surface area (Å²) in [4.78, 5) is 50.5. The van der Waals surface area contributed by atoms with Crippen molar-refractivity contribution in [1.82, 2.24) is 5.32 Å². The zero-order chi connectivity index (χ0) is 27.9. The van der Waals surface area contributed by atoms with Crippen LogP contribution in [0.4, 0.5) is 10.5 Å². The molecule has 0 unspecified atom stereocenters. The van der Waals surface area contributed by atoms with Crippen LogP contribution in [0.15, 0.2) is 72.3 Å². The Morgan fingerprint density at radius 1 is 1.00 bits per heavy atom. The van der Waals surface area contributed by atoms with Gasteiger partial charge in [-0.15, -0.1) is 0 Å². The van der Waals surface area contributed by atoms with E-state index in [-0.39, 0.29) is 34.4 Å². The van der Waals surface area contributed by atoms with Crippen molar-refractivity contribution < 1.29 is 33.4 Å². The normalized spacial score (nSPS) is 14.3. The molecule has 0 aliphatic carbocycles. The molecule has 11 heteroatoms. The van der Waals surface area contributed by atoms with Crippen LogP contribution in [-0.4, -0.2) is 37.0 Å². The summed E-state index contributed by atoms with van der Waals surface area (Å²) >= 11 is 6.32. The number of rotatable bonds is 10. The molecule has 0 radical (unpaired) electrons. The highest BCUT2D eigenvalue weighted by molar-refractivity contribution is 6.39. The molecule has 200 valence electrons. The number of halogens is 1. The number of urea groups is 1.